The van der Waals surface area contributed by atoms with Crippen LogP contribution in [0.3, 0.4) is 0 Å². The number of halogens is 1. The fourth-order valence-corrected chi connectivity index (χ4v) is 2.67. The van der Waals surface area contributed by atoms with E-state index in [1.807, 2.05) is 25.1 Å². The number of methoxy groups -OCH3 is 1. The van der Waals surface area contributed by atoms with Crippen molar-refractivity contribution in [3.63, 3.8) is 0 Å². The van der Waals surface area contributed by atoms with E-state index in [2.05, 4.69) is 36.5 Å². The van der Waals surface area contributed by atoms with Gasteiger partial charge in [0.05, 0.1) is 18.7 Å². The van der Waals surface area contributed by atoms with E-state index in [1.165, 1.54) is 5.56 Å². The molecule has 4 heteroatoms. The van der Waals surface area contributed by atoms with E-state index < -0.39 is 0 Å². The Bertz CT molecular complexity index is 602. The topological polar surface area (TPSA) is 35.1 Å². The summed E-state index contributed by atoms with van der Waals surface area (Å²) in [6.45, 7) is 5.52. The molecule has 2 aromatic rings. The van der Waals surface area contributed by atoms with Crippen molar-refractivity contribution in [2.45, 2.75) is 26.4 Å². The van der Waals surface area contributed by atoms with Gasteiger partial charge < -0.3 is 14.8 Å². The summed E-state index contributed by atoms with van der Waals surface area (Å²) in [5.74, 6) is 1.30. The highest BCUT2D eigenvalue weighted by Gasteiger charge is 2.14. The first-order valence-corrected chi connectivity index (χ1v) is 7.91. The van der Waals surface area contributed by atoms with Crippen LogP contribution in [-0.2, 0) is 6.54 Å². The zero-order valence-electron chi connectivity index (χ0n) is 13.3. The number of rotatable bonds is 7. The molecule has 0 fully saturated rings. The van der Waals surface area contributed by atoms with Gasteiger partial charge in [-0.2, -0.15) is 0 Å². The van der Waals surface area contributed by atoms with E-state index in [0.29, 0.717) is 29.2 Å². The number of hydrogen-bond donors (Lipinski definition) is 1. The lowest BCUT2D eigenvalue weighted by molar-refractivity contribution is -0.707. The summed E-state index contributed by atoms with van der Waals surface area (Å²) in [6.07, 6.45) is 0. The van der Waals surface area contributed by atoms with Crippen molar-refractivity contribution in [1.82, 2.24) is 0 Å². The first-order chi connectivity index (χ1) is 10.7. The molecule has 0 unspecified atom stereocenters. The lowest BCUT2D eigenvalue weighted by Gasteiger charge is -2.14. The van der Waals surface area contributed by atoms with Crippen LogP contribution in [-0.4, -0.2) is 13.7 Å². The monoisotopic (exact) mass is 320 g/mol. The highest BCUT2D eigenvalue weighted by molar-refractivity contribution is 6.32. The highest BCUT2D eigenvalue weighted by Crippen LogP contribution is 2.36. The van der Waals surface area contributed by atoms with Gasteiger partial charge in [0.1, 0.15) is 12.6 Å². The van der Waals surface area contributed by atoms with E-state index in [4.69, 9.17) is 21.1 Å². The van der Waals surface area contributed by atoms with Crippen LogP contribution < -0.4 is 14.8 Å². The van der Waals surface area contributed by atoms with Crippen molar-refractivity contribution in [3.8, 4) is 11.5 Å². The number of benzene rings is 2. The first kappa shape index (κ1) is 16.7. The number of quaternary nitrogens is 1. The molecule has 0 aliphatic rings. The molecule has 0 saturated carbocycles. The van der Waals surface area contributed by atoms with Gasteiger partial charge in [0, 0.05) is 11.1 Å². The molecule has 22 heavy (non-hydrogen) atoms. The number of nitrogens with two attached hydrogens (primary N) is 1. The van der Waals surface area contributed by atoms with Gasteiger partial charge in [0.2, 0.25) is 0 Å². The molecule has 0 aromatic heterocycles. The molecule has 2 aromatic carbocycles. The molecule has 118 valence electrons. The van der Waals surface area contributed by atoms with Gasteiger partial charge in [-0.3, -0.25) is 0 Å². The summed E-state index contributed by atoms with van der Waals surface area (Å²) in [7, 11) is 1.63. The molecule has 0 bridgehead atoms. The average Bonchev–Trinajstić information content (AvgIpc) is 2.55. The summed E-state index contributed by atoms with van der Waals surface area (Å²) in [5.41, 5.74) is 2.43. The first-order valence-electron chi connectivity index (χ1n) is 7.53. The van der Waals surface area contributed by atoms with E-state index in [9.17, 15) is 0 Å². The van der Waals surface area contributed by atoms with Crippen molar-refractivity contribution in [2.75, 3.05) is 13.7 Å². The lowest BCUT2D eigenvalue weighted by atomic mass is 10.1. The SMILES string of the molecule is CCOc1c(Cl)cc(C[NH2+][C@@H](C)c2ccccc2)cc1OC. The third-order valence-electron chi connectivity index (χ3n) is 3.61. The second-order valence-corrected chi connectivity index (χ2v) is 5.59. The van der Waals surface area contributed by atoms with Gasteiger partial charge in [-0.25, -0.2) is 0 Å². The Morgan fingerprint density at radius 3 is 2.55 bits per heavy atom. The number of hydrogen-bond acceptors (Lipinski definition) is 2. The van der Waals surface area contributed by atoms with E-state index in [1.54, 1.807) is 7.11 Å². The molecule has 0 heterocycles. The zero-order valence-corrected chi connectivity index (χ0v) is 14.1. The maximum Gasteiger partial charge on any atom is 0.179 e. The Balaban J connectivity index is 2.08. The number of ether oxygens (including phenoxy) is 2. The van der Waals surface area contributed by atoms with E-state index in [-0.39, 0.29) is 0 Å². The summed E-state index contributed by atoms with van der Waals surface area (Å²) < 4.78 is 10.9. The molecule has 2 N–H and O–H groups in total. The van der Waals surface area contributed by atoms with Gasteiger partial charge in [-0.15, -0.1) is 0 Å². The van der Waals surface area contributed by atoms with Crippen LogP contribution in [0.2, 0.25) is 5.02 Å². The minimum atomic E-state index is 0.387. The lowest BCUT2D eigenvalue weighted by Crippen LogP contribution is -2.83. The van der Waals surface area contributed by atoms with Crippen LogP contribution >= 0.6 is 11.6 Å². The van der Waals surface area contributed by atoms with Crippen LogP contribution in [0.4, 0.5) is 0 Å². The molecular formula is C18H23ClNO2+. The fraction of sp³-hybridized carbons (Fsp3) is 0.333. The largest absolute Gasteiger partial charge is 0.493 e. The normalized spacial score (nSPS) is 12.0. The third-order valence-corrected chi connectivity index (χ3v) is 3.89. The van der Waals surface area contributed by atoms with Crippen molar-refractivity contribution in [3.05, 3.63) is 58.6 Å². The van der Waals surface area contributed by atoms with Gasteiger partial charge in [-0.1, -0.05) is 41.9 Å². The summed E-state index contributed by atoms with van der Waals surface area (Å²) >= 11 is 6.31. The summed E-state index contributed by atoms with van der Waals surface area (Å²) in [4.78, 5) is 0. The molecule has 2 rings (SSSR count). The van der Waals surface area contributed by atoms with Crippen molar-refractivity contribution >= 4 is 11.6 Å². The van der Waals surface area contributed by atoms with Crippen LogP contribution in [0.1, 0.15) is 31.0 Å². The van der Waals surface area contributed by atoms with Crippen LogP contribution in [0.5, 0.6) is 11.5 Å². The molecule has 0 spiro atoms. The van der Waals surface area contributed by atoms with Gasteiger partial charge in [-0.05, 0) is 26.0 Å². The smallest absolute Gasteiger partial charge is 0.179 e. The Labute approximate surface area is 137 Å². The molecule has 0 radical (unpaired) electrons. The Morgan fingerprint density at radius 2 is 1.91 bits per heavy atom. The third kappa shape index (κ3) is 4.15. The van der Waals surface area contributed by atoms with Gasteiger partial charge in [0.15, 0.2) is 11.5 Å². The van der Waals surface area contributed by atoms with Crippen LogP contribution in [0, 0.1) is 0 Å². The maximum atomic E-state index is 6.31. The minimum absolute atomic E-state index is 0.387. The Hall–Kier alpha value is -1.71. The van der Waals surface area contributed by atoms with Gasteiger partial charge >= 0.3 is 0 Å². The molecular weight excluding hydrogens is 298 g/mol. The maximum absolute atomic E-state index is 6.31. The van der Waals surface area contributed by atoms with Crippen LogP contribution in [0.25, 0.3) is 0 Å². The fourth-order valence-electron chi connectivity index (χ4n) is 2.38. The molecule has 0 aliphatic carbocycles. The van der Waals surface area contributed by atoms with Crippen LogP contribution in [0.15, 0.2) is 42.5 Å². The van der Waals surface area contributed by atoms with E-state index >= 15 is 0 Å². The standard InChI is InChI=1S/C18H22ClNO2/c1-4-22-18-16(19)10-14(11-17(18)21-3)12-20-13(2)15-8-6-5-7-9-15/h5-11,13,20H,4,12H2,1-3H3/p+1/t13-/m0/s1. The van der Waals surface area contributed by atoms with Crippen molar-refractivity contribution in [1.29, 1.82) is 0 Å². The highest BCUT2D eigenvalue weighted by atomic mass is 35.5. The average molecular weight is 321 g/mol. The summed E-state index contributed by atoms with van der Waals surface area (Å²) in [5, 5.41) is 2.87. The Morgan fingerprint density at radius 1 is 1.18 bits per heavy atom. The molecule has 0 saturated heterocycles. The molecule has 0 aliphatic heterocycles. The Kier molecular flexibility index (Phi) is 6.10. The zero-order chi connectivity index (χ0) is 15.9. The minimum Gasteiger partial charge on any atom is -0.493 e. The van der Waals surface area contributed by atoms with Crippen molar-refractivity contribution in [2.24, 2.45) is 0 Å². The predicted octanol–water partition coefficient (Wildman–Crippen LogP) is 3.57. The molecule has 3 nitrogen and oxygen atoms in total. The molecule has 1 atom stereocenters. The second-order valence-electron chi connectivity index (χ2n) is 5.18. The summed E-state index contributed by atoms with van der Waals surface area (Å²) in [6, 6.07) is 14.8. The molecule has 0 amide bonds. The second kappa shape index (κ2) is 8.06. The van der Waals surface area contributed by atoms with E-state index in [0.717, 1.165) is 12.1 Å². The predicted molar refractivity (Wildman–Crippen MR) is 89.7 cm³/mol. The quantitative estimate of drug-likeness (QED) is 0.846. The van der Waals surface area contributed by atoms with Gasteiger partial charge in [0.25, 0.3) is 0 Å². The van der Waals surface area contributed by atoms with Crippen molar-refractivity contribution < 1.29 is 14.8 Å².